The van der Waals surface area contributed by atoms with Crippen LogP contribution in [0.3, 0.4) is 0 Å². The molecule has 2 aromatic carbocycles. The summed E-state index contributed by atoms with van der Waals surface area (Å²) in [5, 5.41) is 14.2. The number of benzene rings is 2. The lowest BCUT2D eigenvalue weighted by atomic mass is 10.1. The van der Waals surface area contributed by atoms with Gasteiger partial charge >= 0.3 is 6.18 Å². The molecule has 184 valence electrons. The molecule has 1 N–H and O–H groups in total. The van der Waals surface area contributed by atoms with Crippen LogP contribution in [0.4, 0.5) is 18.0 Å². The highest BCUT2D eigenvalue weighted by atomic mass is 35.5. The van der Waals surface area contributed by atoms with Crippen molar-refractivity contribution in [1.82, 2.24) is 35.1 Å². The lowest BCUT2D eigenvalue weighted by Crippen LogP contribution is -2.28. The molecule has 0 unspecified atom stereocenters. The molecule has 36 heavy (non-hydrogen) atoms. The fourth-order valence-corrected chi connectivity index (χ4v) is 4.71. The van der Waals surface area contributed by atoms with E-state index < -0.39 is 22.9 Å². The number of thioether (sulfide) groups is 1. The lowest BCUT2D eigenvalue weighted by molar-refractivity contribution is -0.138. The van der Waals surface area contributed by atoms with Crippen molar-refractivity contribution in [3.05, 3.63) is 74.7 Å². The Morgan fingerprint density at radius 1 is 1.14 bits per heavy atom. The Kier molecular flexibility index (Phi) is 6.04. The van der Waals surface area contributed by atoms with Crippen molar-refractivity contribution >= 4 is 51.6 Å². The monoisotopic (exact) mass is 533 g/mol. The van der Waals surface area contributed by atoms with Gasteiger partial charge in [0.25, 0.3) is 11.1 Å². The van der Waals surface area contributed by atoms with Crippen molar-refractivity contribution in [1.29, 1.82) is 0 Å². The minimum Gasteiger partial charge on any atom is -0.268 e. The van der Waals surface area contributed by atoms with E-state index in [0.717, 1.165) is 22.7 Å². The first kappa shape index (κ1) is 24.0. The molecule has 0 bridgehead atoms. The van der Waals surface area contributed by atoms with Crippen LogP contribution in [0, 0.1) is 6.92 Å². The van der Waals surface area contributed by atoms with Crippen LogP contribution in [0.15, 0.2) is 41.3 Å². The normalized spacial score (nSPS) is 15.6. The van der Waals surface area contributed by atoms with Crippen LogP contribution in [-0.4, -0.2) is 46.2 Å². The molecular weight excluding hydrogens is 519 g/mol. The quantitative estimate of drug-likeness (QED) is 0.366. The van der Waals surface area contributed by atoms with Gasteiger partial charge < -0.3 is 0 Å². The van der Waals surface area contributed by atoms with Gasteiger partial charge in [-0.15, -0.1) is 5.10 Å². The Morgan fingerprint density at radius 2 is 1.94 bits per heavy atom. The highest BCUT2D eigenvalue weighted by Crippen LogP contribution is 2.35. The number of hydrogen-bond acceptors (Lipinski definition) is 7. The van der Waals surface area contributed by atoms with Gasteiger partial charge in [-0.05, 0) is 60.2 Å². The number of imide groups is 1. The number of carbonyl (C=O) groups is 2. The number of halogens is 4. The standard InChI is InChI=1S/C22H15ClF3N7O2S/c1-11-27-19(30-28-11)10-32-20(34)18(36-21(32)35)7-12-2-5-17-16(6-12)29-31-33(17)9-13-3-4-14(23)8-15(13)22(24,25)26/h2-8H,9-10H2,1H3,(H,27,28,30). The van der Waals surface area contributed by atoms with E-state index in [1.165, 1.54) is 16.8 Å². The van der Waals surface area contributed by atoms with E-state index in [2.05, 4.69) is 25.5 Å². The lowest BCUT2D eigenvalue weighted by Gasteiger charge is -2.13. The molecule has 1 aliphatic rings. The number of fused-ring (bicyclic) bond motifs is 1. The van der Waals surface area contributed by atoms with Gasteiger partial charge in [-0.25, -0.2) is 9.67 Å². The Balaban J connectivity index is 1.39. The number of aromatic amines is 1. The van der Waals surface area contributed by atoms with E-state index in [9.17, 15) is 22.8 Å². The summed E-state index contributed by atoms with van der Waals surface area (Å²) < 4.78 is 41.7. The molecule has 0 spiro atoms. The number of rotatable bonds is 5. The highest BCUT2D eigenvalue weighted by Gasteiger charge is 2.36. The predicted molar refractivity (Wildman–Crippen MR) is 126 cm³/mol. The van der Waals surface area contributed by atoms with Crippen LogP contribution in [0.1, 0.15) is 28.3 Å². The molecular formula is C22H15ClF3N7O2S. The van der Waals surface area contributed by atoms with Gasteiger partial charge in [-0.1, -0.05) is 28.9 Å². The topological polar surface area (TPSA) is 110 Å². The predicted octanol–water partition coefficient (Wildman–Crippen LogP) is 4.81. The smallest absolute Gasteiger partial charge is 0.268 e. The summed E-state index contributed by atoms with van der Waals surface area (Å²) in [6.07, 6.45) is -3.02. The van der Waals surface area contributed by atoms with Crippen molar-refractivity contribution in [2.45, 2.75) is 26.2 Å². The van der Waals surface area contributed by atoms with E-state index in [1.54, 1.807) is 31.2 Å². The first-order chi connectivity index (χ1) is 17.1. The molecule has 2 amide bonds. The van der Waals surface area contributed by atoms with Gasteiger partial charge in [-0.2, -0.15) is 18.3 Å². The molecule has 0 aliphatic carbocycles. The molecule has 0 atom stereocenters. The SMILES string of the molecule is Cc1nc(CN2C(=O)SC(=Cc3ccc4c(c3)nnn4Cc3ccc(Cl)cc3C(F)(F)F)C2=O)n[nH]1. The van der Waals surface area contributed by atoms with Crippen molar-refractivity contribution < 1.29 is 22.8 Å². The van der Waals surface area contributed by atoms with E-state index in [1.807, 2.05) is 0 Å². The van der Waals surface area contributed by atoms with Gasteiger partial charge in [0.15, 0.2) is 5.82 Å². The molecule has 1 aliphatic heterocycles. The average molecular weight is 534 g/mol. The van der Waals surface area contributed by atoms with Gasteiger partial charge in [0, 0.05) is 5.02 Å². The summed E-state index contributed by atoms with van der Waals surface area (Å²) in [5.74, 6) is 0.418. The molecule has 14 heteroatoms. The zero-order valence-electron chi connectivity index (χ0n) is 18.4. The Labute approximate surface area is 210 Å². The molecule has 4 aromatic rings. The molecule has 0 saturated carbocycles. The highest BCUT2D eigenvalue weighted by molar-refractivity contribution is 8.18. The third kappa shape index (κ3) is 4.71. The Morgan fingerprint density at radius 3 is 2.67 bits per heavy atom. The van der Waals surface area contributed by atoms with E-state index in [4.69, 9.17) is 11.6 Å². The minimum atomic E-state index is -4.57. The van der Waals surface area contributed by atoms with Gasteiger partial charge in [0.2, 0.25) is 0 Å². The summed E-state index contributed by atoms with van der Waals surface area (Å²) in [6.45, 7) is 1.49. The van der Waals surface area contributed by atoms with Crippen LogP contribution >= 0.6 is 23.4 Å². The molecule has 1 fully saturated rings. The molecule has 9 nitrogen and oxygen atoms in total. The summed E-state index contributed by atoms with van der Waals surface area (Å²) >= 11 is 6.55. The maximum absolute atomic E-state index is 13.5. The number of nitrogens with zero attached hydrogens (tertiary/aromatic N) is 6. The number of hydrogen-bond donors (Lipinski definition) is 1. The first-order valence-corrected chi connectivity index (χ1v) is 11.6. The first-order valence-electron chi connectivity index (χ1n) is 10.4. The fraction of sp³-hybridized carbons (Fsp3) is 0.182. The second-order valence-corrected chi connectivity index (χ2v) is 9.33. The Bertz CT molecular complexity index is 1550. The van der Waals surface area contributed by atoms with E-state index >= 15 is 0 Å². The van der Waals surface area contributed by atoms with E-state index in [-0.39, 0.29) is 28.6 Å². The van der Waals surface area contributed by atoms with Gasteiger partial charge in [-0.3, -0.25) is 19.6 Å². The number of carbonyl (C=O) groups excluding carboxylic acids is 2. The summed E-state index contributed by atoms with van der Waals surface area (Å²) in [4.78, 5) is 30.5. The maximum atomic E-state index is 13.5. The fourth-order valence-electron chi connectivity index (χ4n) is 3.70. The molecule has 1 saturated heterocycles. The number of nitrogens with one attached hydrogen (secondary N) is 1. The number of H-pyrrole nitrogens is 1. The zero-order valence-corrected chi connectivity index (χ0v) is 19.9. The summed E-state index contributed by atoms with van der Waals surface area (Å²) in [6, 6.07) is 8.53. The number of aryl methyl sites for hydroxylation is 1. The third-order valence-electron chi connectivity index (χ3n) is 5.35. The van der Waals surface area contributed by atoms with Gasteiger partial charge in [0.05, 0.1) is 29.1 Å². The largest absolute Gasteiger partial charge is 0.416 e. The van der Waals surface area contributed by atoms with Crippen LogP contribution < -0.4 is 0 Å². The molecule has 0 radical (unpaired) electrons. The van der Waals surface area contributed by atoms with Crippen LogP contribution in [-0.2, 0) is 24.1 Å². The van der Waals surface area contributed by atoms with Gasteiger partial charge in [0.1, 0.15) is 11.3 Å². The van der Waals surface area contributed by atoms with Crippen LogP contribution in [0.2, 0.25) is 5.02 Å². The second-order valence-electron chi connectivity index (χ2n) is 7.90. The maximum Gasteiger partial charge on any atom is 0.416 e. The van der Waals surface area contributed by atoms with Crippen molar-refractivity contribution in [3.63, 3.8) is 0 Å². The van der Waals surface area contributed by atoms with Crippen LogP contribution in [0.25, 0.3) is 17.1 Å². The van der Waals surface area contributed by atoms with Crippen molar-refractivity contribution in [2.75, 3.05) is 0 Å². The van der Waals surface area contributed by atoms with Crippen LogP contribution in [0.5, 0.6) is 0 Å². The Hall–Kier alpha value is -3.71. The molecule has 3 heterocycles. The zero-order chi connectivity index (χ0) is 25.6. The molecule has 5 rings (SSSR count). The van der Waals surface area contributed by atoms with Crippen molar-refractivity contribution in [2.24, 2.45) is 0 Å². The molecule has 2 aromatic heterocycles. The summed E-state index contributed by atoms with van der Waals surface area (Å²) in [7, 11) is 0. The number of aromatic nitrogens is 6. The van der Waals surface area contributed by atoms with Crippen molar-refractivity contribution in [3.8, 4) is 0 Å². The number of alkyl halides is 3. The van der Waals surface area contributed by atoms with E-state index in [0.29, 0.717) is 28.2 Å². The second kappa shape index (κ2) is 9.06. The third-order valence-corrected chi connectivity index (χ3v) is 6.49. The average Bonchev–Trinajstić information content (AvgIpc) is 3.48. The number of amides is 2. The summed E-state index contributed by atoms with van der Waals surface area (Å²) in [5.41, 5.74) is 0.658. The minimum absolute atomic E-state index is 0.00181.